The van der Waals surface area contributed by atoms with Crippen LogP contribution < -0.4 is 15.6 Å². The van der Waals surface area contributed by atoms with Gasteiger partial charge in [-0.25, -0.2) is 0 Å². The number of hydrogen-bond acceptors (Lipinski definition) is 0. The Bertz CT molecular complexity index is 686. The fraction of sp³-hybridized carbons (Fsp3) is 0.182. The summed E-state index contributed by atoms with van der Waals surface area (Å²) in [5.74, 6) is 0. The molecule has 0 fully saturated rings. The molecule has 0 heterocycles. The molecule has 0 aromatic heterocycles. The van der Waals surface area contributed by atoms with Gasteiger partial charge in [0, 0.05) is 0 Å². The fourth-order valence-electron chi connectivity index (χ4n) is 3.23. The van der Waals surface area contributed by atoms with Gasteiger partial charge < -0.3 is 0 Å². The summed E-state index contributed by atoms with van der Waals surface area (Å²) in [6.45, 7) is 4.50. The molecule has 0 aliphatic carbocycles. The van der Waals surface area contributed by atoms with Gasteiger partial charge >= 0.3 is 0 Å². The van der Waals surface area contributed by atoms with E-state index in [2.05, 4.69) is 92.7 Å². The first-order valence-electron chi connectivity index (χ1n) is 8.54. The smallest absolute Gasteiger partial charge is 0.0625 e. The third kappa shape index (κ3) is 3.62. The molecular weight excluding hydrogens is 292 g/mol. The molecule has 1 heteroatoms. The summed E-state index contributed by atoms with van der Waals surface area (Å²) in [6.07, 6.45) is 2.21. The van der Waals surface area contributed by atoms with Crippen LogP contribution >= 0.6 is 0 Å². The van der Waals surface area contributed by atoms with Crippen molar-refractivity contribution in [3.05, 3.63) is 90.0 Å². The van der Waals surface area contributed by atoms with Crippen molar-refractivity contribution in [1.82, 2.24) is 0 Å². The van der Waals surface area contributed by atoms with Crippen LogP contribution in [-0.4, -0.2) is 8.80 Å². The molecule has 0 saturated heterocycles. The predicted molar refractivity (Wildman–Crippen MR) is 104 cm³/mol. The van der Waals surface area contributed by atoms with E-state index in [9.17, 15) is 0 Å². The van der Waals surface area contributed by atoms with E-state index in [1.165, 1.54) is 21.5 Å². The number of aryl methyl sites for hydroxylation is 2. The SMILES string of the molecule is CCc1cc(CC)cc([SiH](c2ccccc2)c2ccccc2)c1. The lowest BCUT2D eigenvalue weighted by atomic mass is 10.1. The fourth-order valence-corrected chi connectivity index (χ4v) is 6.36. The molecule has 0 bridgehead atoms. The first kappa shape index (κ1) is 15.8. The maximum absolute atomic E-state index is 2.44. The van der Waals surface area contributed by atoms with Crippen LogP contribution in [0.2, 0.25) is 0 Å². The monoisotopic (exact) mass is 316 g/mol. The molecule has 0 atom stereocenters. The zero-order chi connectivity index (χ0) is 16.1. The molecule has 0 aliphatic heterocycles. The van der Waals surface area contributed by atoms with Crippen LogP contribution in [-0.2, 0) is 12.8 Å². The van der Waals surface area contributed by atoms with Gasteiger partial charge in [-0.2, -0.15) is 0 Å². The molecule has 3 aromatic rings. The average Bonchev–Trinajstić information content (AvgIpc) is 2.63. The molecular formula is C22H24Si. The van der Waals surface area contributed by atoms with Crippen molar-refractivity contribution in [2.24, 2.45) is 0 Å². The molecule has 0 aliphatic rings. The zero-order valence-corrected chi connectivity index (χ0v) is 15.2. The minimum absolute atomic E-state index is 1.10. The highest BCUT2D eigenvalue weighted by molar-refractivity contribution is 6.95. The van der Waals surface area contributed by atoms with Gasteiger partial charge in [0.05, 0.1) is 0 Å². The quantitative estimate of drug-likeness (QED) is 0.501. The highest BCUT2D eigenvalue weighted by Crippen LogP contribution is 2.07. The van der Waals surface area contributed by atoms with Gasteiger partial charge in [0.25, 0.3) is 0 Å². The van der Waals surface area contributed by atoms with E-state index in [1.54, 1.807) is 5.19 Å². The molecule has 3 aromatic carbocycles. The molecule has 0 spiro atoms. The van der Waals surface area contributed by atoms with Crippen molar-refractivity contribution >= 4 is 24.4 Å². The van der Waals surface area contributed by atoms with Crippen molar-refractivity contribution < 1.29 is 0 Å². The summed E-state index contributed by atoms with van der Waals surface area (Å²) in [5.41, 5.74) is 2.92. The Balaban J connectivity index is 2.16. The van der Waals surface area contributed by atoms with Crippen LogP contribution in [0.4, 0.5) is 0 Å². The molecule has 0 radical (unpaired) electrons. The molecule has 0 nitrogen and oxygen atoms in total. The predicted octanol–water partition coefficient (Wildman–Crippen LogP) is 3.06. The molecule has 116 valence electrons. The first-order valence-corrected chi connectivity index (χ1v) is 10.3. The highest BCUT2D eigenvalue weighted by atomic mass is 28.3. The van der Waals surface area contributed by atoms with Gasteiger partial charge in [-0.05, 0) is 24.0 Å². The van der Waals surface area contributed by atoms with E-state index < -0.39 is 8.80 Å². The lowest BCUT2D eigenvalue weighted by molar-refractivity contribution is 1.09. The van der Waals surface area contributed by atoms with E-state index in [1.807, 2.05) is 0 Å². The average molecular weight is 317 g/mol. The van der Waals surface area contributed by atoms with Crippen LogP contribution in [0.5, 0.6) is 0 Å². The maximum Gasteiger partial charge on any atom is 0.132 e. The third-order valence-corrected chi connectivity index (χ3v) is 7.59. The van der Waals surface area contributed by atoms with Gasteiger partial charge in [0.1, 0.15) is 8.80 Å². The van der Waals surface area contributed by atoms with Crippen molar-refractivity contribution in [3.63, 3.8) is 0 Å². The third-order valence-electron chi connectivity index (χ3n) is 4.49. The van der Waals surface area contributed by atoms with Gasteiger partial charge in [0.15, 0.2) is 0 Å². The molecule has 3 rings (SSSR count). The Labute approximate surface area is 141 Å². The second kappa shape index (κ2) is 7.43. The van der Waals surface area contributed by atoms with E-state index in [0.29, 0.717) is 0 Å². The number of hydrogen-bond donors (Lipinski definition) is 0. The first-order chi connectivity index (χ1) is 11.3. The van der Waals surface area contributed by atoms with Crippen molar-refractivity contribution in [1.29, 1.82) is 0 Å². The van der Waals surface area contributed by atoms with E-state index in [0.717, 1.165) is 12.8 Å². The standard InChI is InChI=1S/C22H24Si/c1-3-18-15-19(4-2)17-22(16-18)23(20-11-7-5-8-12-20)21-13-9-6-10-14-21/h5-17,23H,3-4H2,1-2H3. The minimum Gasteiger partial charge on any atom is -0.0625 e. The van der Waals surface area contributed by atoms with Crippen molar-refractivity contribution in [2.45, 2.75) is 26.7 Å². The molecule has 0 N–H and O–H groups in total. The summed E-state index contributed by atoms with van der Waals surface area (Å²) in [6, 6.07) is 29.3. The summed E-state index contributed by atoms with van der Waals surface area (Å²) in [5, 5.41) is 4.53. The number of benzene rings is 3. The Morgan fingerprint density at radius 2 is 1.00 bits per heavy atom. The summed E-state index contributed by atoms with van der Waals surface area (Å²) >= 11 is 0. The van der Waals surface area contributed by atoms with Gasteiger partial charge in [-0.1, -0.05) is 108 Å². The molecule has 0 saturated carbocycles. The summed E-state index contributed by atoms with van der Waals surface area (Å²) < 4.78 is 0. The van der Waals surface area contributed by atoms with Crippen LogP contribution in [0.3, 0.4) is 0 Å². The van der Waals surface area contributed by atoms with Crippen LogP contribution in [0, 0.1) is 0 Å². The summed E-state index contributed by atoms with van der Waals surface area (Å²) in [7, 11) is -1.39. The van der Waals surface area contributed by atoms with Gasteiger partial charge in [0.2, 0.25) is 0 Å². The Hall–Kier alpha value is -2.12. The van der Waals surface area contributed by atoms with Gasteiger partial charge in [-0.3, -0.25) is 0 Å². The topological polar surface area (TPSA) is 0 Å². The molecule has 0 unspecified atom stereocenters. The zero-order valence-electron chi connectivity index (χ0n) is 14.0. The normalized spacial score (nSPS) is 10.9. The van der Waals surface area contributed by atoms with Crippen LogP contribution in [0.15, 0.2) is 78.9 Å². The van der Waals surface area contributed by atoms with Crippen molar-refractivity contribution in [3.8, 4) is 0 Å². The van der Waals surface area contributed by atoms with E-state index >= 15 is 0 Å². The Kier molecular flexibility index (Phi) is 5.09. The number of rotatable bonds is 5. The van der Waals surface area contributed by atoms with Crippen LogP contribution in [0.1, 0.15) is 25.0 Å². The second-order valence-corrected chi connectivity index (χ2v) is 8.91. The van der Waals surface area contributed by atoms with Crippen LogP contribution in [0.25, 0.3) is 0 Å². The minimum atomic E-state index is -1.39. The largest absolute Gasteiger partial charge is 0.132 e. The maximum atomic E-state index is 2.44. The second-order valence-electron chi connectivity index (χ2n) is 6.04. The Morgan fingerprint density at radius 3 is 1.39 bits per heavy atom. The summed E-state index contributed by atoms with van der Waals surface area (Å²) in [4.78, 5) is 0. The lowest BCUT2D eigenvalue weighted by Gasteiger charge is -2.19. The van der Waals surface area contributed by atoms with E-state index in [-0.39, 0.29) is 0 Å². The lowest BCUT2D eigenvalue weighted by Crippen LogP contribution is -2.52. The highest BCUT2D eigenvalue weighted by Gasteiger charge is 2.19. The van der Waals surface area contributed by atoms with Gasteiger partial charge in [-0.15, -0.1) is 0 Å². The molecule has 0 amide bonds. The Morgan fingerprint density at radius 1 is 0.565 bits per heavy atom. The molecule has 23 heavy (non-hydrogen) atoms. The van der Waals surface area contributed by atoms with Crippen molar-refractivity contribution in [2.75, 3.05) is 0 Å². The van der Waals surface area contributed by atoms with E-state index in [4.69, 9.17) is 0 Å².